The van der Waals surface area contributed by atoms with Gasteiger partial charge in [0, 0.05) is 63.0 Å². The zero-order valence-electron chi connectivity index (χ0n) is 33.5. The van der Waals surface area contributed by atoms with Crippen LogP contribution >= 0.6 is 0 Å². The summed E-state index contributed by atoms with van der Waals surface area (Å²) in [7, 11) is 0. The third-order valence-corrected chi connectivity index (χ3v) is 13.8. The van der Waals surface area contributed by atoms with Crippen molar-refractivity contribution in [3.63, 3.8) is 0 Å². The first kappa shape index (κ1) is 41.0. The zero-order chi connectivity index (χ0) is 43.1. The van der Waals surface area contributed by atoms with Crippen LogP contribution in [0.25, 0.3) is 0 Å². The number of piperidine rings is 3. The van der Waals surface area contributed by atoms with Gasteiger partial charge in [0.05, 0.1) is 30.3 Å². The van der Waals surface area contributed by atoms with Crippen molar-refractivity contribution in [1.29, 1.82) is 0 Å². The Hall–Kier alpha value is -5.42. The fraction of sp³-hybridized carbons (Fsp3) is 0.477. The second kappa shape index (κ2) is 15.2. The summed E-state index contributed by atoms with van der Waals surface area (Å²) < 4.78 is 73.6. The van der Waals surface area contributed by atoms with E-state index in [1.165, 1.54) is 30.3 Å². The molecule has 17 heteroatoms. The predicted octanol–water partition coefficient (Wildman–Crippen LogP) is 5.19. The number of imide groups is 2. The number of nitrogens with zero attached hydrogens (tertiary/aromatic N) is 5. The fourth-order valence-electron chi connectivity index (χ4n) is 10.5. The number of phenols is 1. The monoisotopic (exact) mass is 848 g/mol. The Kier molecular flexibility index (Phi) is 10.2. The molecule has 9 rings (SSSR count). The van der Waals surface area contributed by atoms with Gasteiger partial charge in [0.25, 0.3) is 11.8 Å². The molecule has 0 radical (unpaired) electrons. The number of carbonyl (C=O) groups excluding carboxylic acids is 5. The van der Waals surface area contributed by atoms with Crippen LogP contribution in [0.1, 0.15) is 100 Å². The SMILES string of the molecule is C[C@@H]1Cc2cc(O)ccc2[C@@H](c2c(F)cc(N3CCC4(CCN(C(=O)CN5Cc6cc7c(cc6C5)C(=O)N(C5CCC(=O)NC5=O)C7=O)CC4)CC3)cc2F)N1CC(F)(F)F. The van der Waals surface area contributed by atoms with Gasteiger partial charge in [-0.2, -0.15) is 13.2 Å². The molecule has 6 aliphatic heterocycles. The van der Waals surface area contributed by atoms with E-state index in [1.54, 1.807) is 19.1 Å². The number of anilines is 1. The number of amides is 5. The molecule has 0 aromatic heterocycles. The van der Waals surface area contributed by atoms with Crippen molar-refractivity contribution in [2.45, 2.75) is 89.3 Å². The fourth-order valence-corrected chi connectivity index (χ4v) is 10.5. The second-order valence-corrected chi connectivity index (χ2v) is 17.6. The van der Waals surface area contributed by atoms with Gasteiger partial charge in [0.2, 0.25) is 17.7 Å². The Morgan fingerprint density at radius 3 is 2.05 bits per heavy atom. The van der Waals surface area contributed by atoms with Crippen molar-refractivity contribution in [2.75, 3.05) is 44.2 Å². The number of fused-ring (bicyclic) bond motifs is 3. The number of halogens is 5. The summed E-state index contributed by atoms with van der Waals surface area (Å²) in [5.41, 5.74) is 2.74. The van der Waals surface area contributed by atoms with Crippen LogP contribution < -0.4 is 10.2 Å². The number of benzene rings is 3. The first-order chi connectivity index (χ1) is 29.0. The summed E-state index contributed by atoms with van der Waals surface area (Å²) in [6, 6.07) is 6.86. The first-order valence-corrected chi connectivity index (χ1v) is 20.7. The van der Waals surface area contributed by atoms with Crippen molar-refractivity contribution in [3.05, 3.63) is 93.0 Å². The standard InChI is InChI=1S/C44H45F5N6O6/c1-24-14-25-15-29(56)2-3-30(25)39(54(24)23-44(47,48)49)38-33(45)18-28(19-34(38)46)52-10-6-43(7-11-52)8-12-53(13-9-43)37(58)22-51-20-26-16-31-32(17-27(26)21-51)42(61)55(41(31)60)35-4-5-36(57)50-40(35)59/h2-3,15-19,24,35,39,56H,4-14,20-23H2,1H3,(H,50,57,59)/t24-,35?,39+/m1/s1. The van der Waals surface area contributed by atoms with Gasteiger partial charge in [-0.3, -0.25) is 44.0 Å². The Balaban J connectivity index is 0.804. The Bertz CT molecular complexity index is 2290. The molecule has 322 valence electrons. The van der Waals surface area contributed by atoms with E-state index in [0.29, 0.717) is 56.1 Å². The smallest absolute Gasteiger partial charge is 0.401 e. The molecular weight excluding hydrogens is 804 g/mol. The van der Waals surface area contributed by atoms with E-state index in [1.807, 2.05) is 14.7 Å². The summed E-state index contributed by atoms with van der Waals surface area (Å²) in [5.74, 6) is -4.23. The van der Waals surface area contributed by atoms with Gasteiger partial charge < -0.3 is 14.9 Å². The van der Waals surface area contributed by atoms with Crippen molar-refractivity contribution in [1.82, 2.24) is 24.9 Å². The lowest BCUT2D eigenvalue weighted by Gasteiger charge is -2.47. The zero-order valence-corrected chi connectivity index (χ0v) is 33.5. The summed E-state index contributed by atoms with van der Waals surface area (Å²) in [5, 5.41) is 12.3. The number of phenolic OH excluding ortho intramolecular Hbond substituents is 1. The normalized spacial score (nSPS) is 24.3. The molecule has 5 amide bonds. The minimum absolute atomic E-state index is 0.0320. The predicted molar refractivity (Wildman–Crippen MR) is 209 cm³/mol. The van der Waals surface area contributed by atoms with E-state index < -0.39 is 71.7 Å². The van der Waals surface area contributed by atoms with Crippen LogP contribution in [0.15, 0.2) is 42.5 Å². The highest BCUT2D eigenvalue weighted by Gasteiger charge is 2.47. The van der Waals surface area contributed by atoms with E-state index in [2.05, 4.69) is 5.32 Å². The Labute approximate surface area is 348 Å². The molecule has 1 spiro atoms. The molecule has 1 unspecified atom stereocenters. The number of hydrogen-bond acceptors (Lipinski definition) is 9. The van der Waals surface area contributed by atoms with E-state index in [9.17, 15) is 42.3 Å². The largest absolute Gasteiger partial charge is 0.508 e. The van der Waals surface area contributed by atoms with Crippen molar-refractivity contribution >= 4 is 35.2 Å². The van der Waals surface area contributed by atoms with Crippen LogP contribution in [0, 0.1) is 17.0 Å². The molecule has 12 nitrogen and oxygen atoms in total. The number of alkyl halides is 3. The van der Waals surface area contributed by atoms with E-state index >= 15 is 8.78 Å². The van der Waals surface area contributed by atoms with E-state index in [-0.39, 0.29) is 54.0 Å². The number of nitrogens with one attached hydrogen (secondary N) is 1. The lowest BCUT2D eigenvalue weighted by molar-refractivity contribution is -0.155. The number of aromatic hydroxyl groups is 1. The number of hydrogen-bond donors (Lipinski definition) is 2. The van der Waals surface area contributed by atoms with Gasteiger partial charge in [-0.05, 0) is 110 Å². The average Bonchev–Trinajstić information content (AvgIpc) is 3.70. The van der Waals surface area contributed by atoms with E-state index in [4.69, 9.17) is 0 Å². The number of likely N-dealkylation sites (tertiary alicyclic amines) is 1. The molecule has 3 saturated heterocycles. The maximum absolute atomic E-state index is 16.1. The first-order valence-electron chi connectivity index (χ1n) is 20.7. The van der Waals surface area contributed by atoms with Gasteiger partial charge in [0.1, 0.15) is 23.4 Å². The highest BCUT2D eigenvalue weighted by atomic mass is 19.4. The maximum atomic E-state index is 16.1. The van der Waals surface area contributed by atoms with E-state index in [0.717, 1.165) is 46.6 Å². The Morgan fingerprint density at radius 1 is 0.852 bits per heavy atom. The lowest BCUT2D eigenvalue weighted by atomic mass is 9.71. The molecule has 0 aliphatic carbocycles. The summed E-state index contributed by atoms with van der Waals surface area (Å²) in [4.78, 5) is 71.9. The minimum atomic E-state index is -4.61. The molecule has 6 aliphatic rings. The molecule has 3 aromatic carbocycles. The van der Waals surface area contributed by atoms with Crippen molar-refractivity contribution < 1.29 is 51.0 Å². The molecule has 61 heavy (non-hydrogen) atoms. The molecule has 0 saturated carbocycles. The molecule has 3 fully saturated rings. The summed E-state index contributed by atoms with van der Waals surface area (Å²) in [6.45, 7) is 3.34. The van der Waals surface area contributed by atoms with Gasteiger partial charge in [-0.1, -0.05) is 6.07 Å². The van der Waals surface area contributed by atoms with Crippen LogP contribution in [-0.4, -0.2) is 112 Å². The van der Waals surface area contributed by atoms with Gasteiger partial charge in [-0.15, -0.1) is 0 Å². The Morgan fingerprint density at radius 2 is 1.46 bits per heavy atom. The number of rotatable bonds is 6. The topological polar surface area (TPSA) is 134 Å². The molecule has 3 atom stereocenters. The molecular formula is C44H45F5N6O6. The molecule has 0 bridgehead atoms. The van der Waals surface area contributed by atoms with Crippen LogP contribution in [0.4, 0.5) is 27.6 Å². The maximum Gasteiger partial charge on any atom is 0.401 e. The van der Waals surface area contributed by atoms with Crippen LogP contribution in [0.3, 0.4) is 0 Å². The quantitative estimate of drug-likeness (QED) is 0.254. The molecule has 3 aromatic rings. The summed E-state index contributed by atoms with van der Waals surface area (Å²) >= 11 is 0. The highest BCUT2D eigenvalue weighted by molar-refractivity contribution is 6.23. The molecule has 2 N–H and O–H groups in total. The minimum Gasteiger partial charge on any atom is -0.508 e. The second-order valence-electron chi connectivity index (χ2n) is 17.6. The average molecular weight is 849 g/mol. The van der Waals surface area contributed by atoms with Crippen molar-refractivity contribution in [3.8, 4) is 5.75 Å². The van der Waals surface area contributed by atoms with Crippen LogP contribution in [0.2, 0.25) is 0 Å². The van der Waals surface area contributed by atoms with Gasteiger partial charge in [-0.25, -0.2) is 8.78 Å². The third kappa shape index (κ3) is 7.53. The van der Waals surface area contributed by atoms with Crippen LogP contribution in [-0.2, 0) is 33.9 Å². The summed E-state index contributed by atoms with van der Waals surface area (Å²) in [6.07, 6.45) is -1.32. The van der Waals surface area contributed by atoms with Crippen LogP contribution in [0.5, 0.6) is 5.75 Å². The lowest BCUT2D eigenvalue weighted by Crippen LogP contribution is -2.54. The van der Waals surface area contributed by atoms with Gasteiger partial charge >= 0.3 is 6.18 Å². The molecule has 6 heterocycles. The number of carbonyl (C=O) groups is 5. The third-order valence-electron chi connectivity index (χ3n) is 13.8. The van der Waals surface area contributed by atoms with Crippen molar-refractivity contribution in [2.24, 2.45) is 5.41 Å². The highest BCUT2D eigenvalue weighted by Crippen LogP contribution is 2.45. The van der Waals surface area contributed by atoms with Gasteiger partial charge in [0.15, 0.2) is 0 Å².